The molecule has 0 amide bonds. The van der Waals surface area contributed by atoms with Crippen molar-refractivity contribution in [2.24, 2.45) is 5.92 Å². The molecule has 0 N–H and O–H groups in total. The lowest BCUT2D eigenvalue weighted by atomic mass is 10.1. The minimum Gasteiger partial charge on any atom is -0.476 e. The van der Waals surface area contributed by atoms with Crippen LogP contribution in [0.1, 0.15) is 25.8 Å². The molecule has 2 nitrogen and oxygen atoms in total. The number of nitrogens with zero attached hydrogens (tertiary/aromatic N) is 1. The Morgan fingerprint density at radius 2 is 2.27 bits per heavy atom. The Labute approximate surface area is 94.4 Å². The maximum atomic E-state index is 13.5. The van der Waals surface area contributed by atoms with Crippen molar-refractivity contribution in [2.75, 3.05) is 6.61 Å². The summed E-state index contributed by atoms with van der Waals surface area (Å²) in [5, 5.41) is 0. The molecule has 15 heavy (non-hydrogen) atoms. The second-order valence-corrected chi connectivity index (χ2v) is 4.02. The van der Waals surface area contributed by atoms with Crippen LogP contribution >= 0.6 is 11.6 Å². The highest BCUT2D eigenvalue weighted by atomic mass is 35.5. The van der Waals surface area contributed by atoms with Crippen LogP contribution in [0.5, 0.6) is 5.88 Å². The lowest BCUT2D eigenvalue weighted by Crippen LogP contribution is -2.05. The minimum absolute atomic E-state index is 0.0498. The summed E-state index contributed by atoms with van der Waals surface area (Å²) in [4.78, 5) is 3.83. The Bertz CT molecular complexity index is 317. The number of halogens is 2. The lowest BCUT2D eigenvalue weighted by Gasteiger charge is -2.08. The molecule has 1 rings (SSSR count). The molecule has 1 heterocycles. The average Bonchev–Trinajstić information content (AvgIpc) is 2.20. The summed E-state index contributed by atoms with van der Waals surface area (Å²) in [6.07, 6.45) is 2.39. The highest BCUT2D eigenvalue weighted by Gasteiger charge is 2.09. The molecule has 0 saturated carbocycles. The van der Waals surface area contributed by atoms with Gasteiger partial charge < -0.3 is 4.74 Å². The van der Waals surface area contributed by atoms with E-state index in [0.717, 1.165) is 6.42 Å². The average molecular weight is 232 g/mol. The van der Waals surface area contributed by atoms with E-state index in [9.17, 15) is 4.39 Å². The number of rotatable bonds is 5. The maximum absolute atomic E-state index is 13.5. The summed E-state index contributed by atoms with van der Waals surface area (Å²) in [5.41, 5.74) is 0.422. The van der Waals surface area contributed by atoms with Crippen molar-refractivity contribution in [3.8, 4) is 5.88 Å². The second-order valence-electron chi connectivity index (χ2n) is 3.75. The molecule has 0 aromatic carbocycles. The highest BCUT2D eigenvalue weighted by Crippen LogP contribution is 2.19. The van der Waals surface area contributed by atoms with Crippen molar-refractivity contribution in [3.05, 3.63) is 23.6 Å². The fourth-order valence-corrected chi connectivity index (χ4v) is 1.26. The topological polar surface area (TPSA) is 22.1 Å². The van der Waals surface area contributed by atoms with Crippen molar-refractivity contribution in [1.82, 2.24) is 4.98 Å². The van der Waals surface area contributed by atoms with Crippen molar-refractivity contribution in [3.63, 3.8) is 0 Å². The summed E-state index contributed by atoms with van der Waals surface area (Å²) in [6.45, 7) is 4.65. The molecule has 0 bridgehead atoms. The monoisotopic (exact) mass is 231 g/mol. The second kappa shape index (κ2) is 5.91. The zero-order valence-electron chi connectivity index (χ0n) is 8.96. The van der Waals surface area contributed by atoms with Gasteiger partial charge in [0.05, 0.1) is 12.5 Å². The van der Waals surface area contributed by atoms with Gasteiger partial charge in [-0.15, -0.1) is 11.6 Å². The minimum atomic E-state index is -0.448. The first-order valence-electron chi connectivity index (χ1n) is 4.97. The predicted molar refractivity (Wildman–Crippen MR) is 58.7 cm³/mol. The summed E-state index contributed by atoms with van der Waals surface area (Å²) in [5.74, 6) is 0.267. The van der Waals surface area contributed by atoms with E-state index in [-0.39, 0.29) is 11.8 Å². The number of alkyl halides is 1. The Morgan fingerprint density at radius 1 is 1.53 bits per heavy atom. The molecular weight excluding hydrogens is 217 g/mol. The van der Waals surface area contributed by atoms with Gasteiger partial charge in [0.25, 0.3) is 5.88 Å². The molecule has 1 aromatic rings. The molecule has 1 aromatic heterocycles. The molecule has 0 atom stereocenters. The van der Waals surface area contributed by atoms with Crippen LogP contribution in [-0.4, -0.2) is 11.6 Å². The summed E-state index contributed by atoms with van der Waals surface area (Å²) < 4.78 is 18.8. The smallest absolute Gasteiger partial charge is 0.250 e. The largest absolute Gasteiger partial charge is 0.476 e. The third-order valence-corrected chi connectivity index (χ3v) is 2.30. The van der Waals surface area contributed by atoms with Crippen LogP contribution in [0.25, 0.3) is 0 Å². The number of hydrogen-bond donors (Lipinski definition) is 0. The van der Waals surface area contributed by atoms with E-state index in [4.69, 9.17) is 16.3 Å². The Balaban J connectivity index is 2.61. The SMILES string of the molecule is CC(C)CCOc1nccc(CCl)c1F. The van der Waals surface area contributed by atoms with Gasteiger partial charge in [-0.3, -0.25) is 0 Å². The zero-order valence-corrected chi connectivity index (χ0v) is 9.72. The number of aromatic nitrogens is 1. The normalized spacial score (nSPS) is 10.7. The Hall–Kier alpha value is -0.830. The van der Waals surface area contributed by atoms with E-state index < -0.39 is 5.82 Å². The molecule has 0 saturated heterocycles. The molecule has 0 radical (unpaired) electrons. The summed E-state index contributed by atoms with van der Waals surface area (Å²) >= 11 is 5.57. The van der Waals surface area contributed by atoms with Crippen LogP contribution in [0.3, 0.4) is 0 Å². The van der Waals surface area contributed by atoms with Crippen molar-refractivity contribution in [2.45, 2.75) is 26.1 Å². The van der Waals surface area contributed by atoms with E-state index in [1.54, 1.807) is 6.07 Å². The Kier molecular flexibility index (Phi) is 4.82. The maximum Gasteiger partial charge on any atom is 0.250 e. The van der Waals surface area contributed by atoms with Crippen LogP contribution in [0, 0.1) is 11.7 Å². The van der Waals surface area contributed by atoms with Gasteiger partial charge in [-0.25, -0.2) is 9.37 Å². The van der Waals surface area contributed by atoms with Gasteiger partial charge in [-0.1, -0.05) is 13.8 Å². The molecular formula is C11H15ClFNO. The zero-order chi connectivity index (χ0) is 11.3. The van der Waals surface area contributed by atoms with Crippen LogP contribution in [0.15, 0.2) is 12.3 Å². The van der Waals surface area contributed by atoms with Gasteiger partial charge in [0, 0.05) is 11.8 Å². The fourth-order valence-electron chi connectivity index (χ4n) is 1.06. The quantitative estimate of drug-likeness (QED) is 0.725. The van der Waals surface area contributed by atoms with Gasteiger partial charge >= 0.3 is 0 Å². The molecule has 84 valence electrons. The van der Waals surface area contributed by atoms with Gasteiger partial charge in [0.2, 0.25) is 0 Å². The molecule has 0 spiro atoms. The molecule has 0 unspecified atom stereocenters. The summed E-state index contributed by atoms with van der Waals surface area (Å²) in [7, 11) is 0. The van der Waals surface area contributed by atoms with Gasteiger partial charge in [-0.05, 0) is 18.4 Å². The third kappa shape index (κ3) is 3.67. The first kappa shape index (κ1) is 12.2. The number of ether oxygens (including phenoxy) is 1. The molecule has 0 aliphatic heterocycles. The number of pyridine rings is 1. The number of hydrogen-bond acceptors (Lipinski definition) is 2. The van der Waals surface area contributed by atoms with E-state index in [1.165, 1.54) is 6.20 Å². The van der Waals surface area contributed by atoms with E-state index in [0.29, 0.717) is 18.1 Å². The molecule has 0 aliphatic rings. The molecule has 4 heteroatoms. The van der Waals surface area contributed by atoms with Crippen LogP contribution in [-0.2, 0) is 5.88 Å². The molecule has 0 aliphatic carbocycles. The first-order chi connectivity index (χ1) is 7.15. The van der Waals surface area contributed by atoms with Crippen LogP contribution < -0.4 is 4.74 Å². The van der Waals surface area contributed by atoms with Crippen LogP contribution in [0.2, 0.25) is 0 Å². The van der Waals surface area contributed by atoms with E-state index in [2.05, 4.69) is 18.8 Å². The van der Waals surface area contributed by atoms with E-state index in [1.807, 2.05) is 0 Å². The fraction of sp³-hybridized carbons (Fsp3) is 0.545. The van der Waals surface area contributed by atoms with Gasteiger partial charge in [-0.2, -0.15) is 0 Å². The van der Waals surface area contributed by atoms with Crippen molar-refractivity contribution < 1.29 is 9.13 Å². The molecule has 0 fully saturated rings. The summed E-state index contributed by atoms with van der Waals surface area (Å²) in [6, 6.07) is 1.55. The van der Waals surface area contributed by atoms with Crippen molar-refractivity contribution >= 4 is 11.6 Å². The Morgan fingerprint density at radius 3 is 2.87 bits per heavy atom. The first-order valence-corrected chi connectivity index (χ1v) is 5.50. The standard InChI is InChI=1S/C11H15ClFNO/c1-8(2)4-6-15-11-10(13)9(7-12)3-5-14-11/h3,5,8H,4,6-7H2,1-2H3. The predicted octanol–water partition coefficient (Wildman–Crippen LogP) is 3.38. The van der Waals surface area contributed by atoms with Crippen LogP contribution in [0.4, 0.5) is 4.39 Å². The third-order valence-electron chi connectivity index (χ3n) is 2.02. The van der Waals surface area contributed by atoms with E-state index >= 15 is 0 Å². The highest BCUT2D eigenvalue weighted by molar-refractivity contribution is 6.17. The van der Waals surface area contributed by atoms with Crippen molar-refractivity contribution in [1.29, 1.82) is 0 Å². The van der Waals surface area contributed by atoms with Gasteiger partial charge in [0.1, 0.15) is 0 Å². The lowest BCUT2D eigenvalue weighted by molar-refractivity contribution is 0.265. The van der Waals surface area contributed by atoms with Gasteiger partial charge in [0.15, 0.2) is 5.82 Å².